The summed E-state index contributed by atoms with van der Waals surface area (Å²) >= 11 is 0. The summed E-state index contributed by atoms with van der Waals surface area (Å²) in [5.41, 5.74) is 1.80. The standard InChI is InChI=1S/C31H37N3O6/c1-37-24-7-4-22(5-8-24)20-40-29-19-34(18-23-6-9-25(38-2)16-28(23)39-3)26(17-27(29)35)30(36)32-21-31-10-13-33(14-11-31)15-12-31/h4-9,16-17,19H,10-15,18,20-21H2,1-3H3,(H,32,36). The SMILES string of the molecule is COc1ccc(COc2cn(Cc3ccc(OC)cc3OC)c(C(=O)NCC34CCN(CC3)CC4)cc2=O)cc1. The quantitative estimate of drug-likeness (QED) is 0.391. The van der Waals surface area contributed by atoms with Crippen molar-refractivity contribution in [1.82, 2.24) is 14.8 Å². The molecule has 3 saturated heterocycles. The first kappa shape index (κ1) is 27.6. The first-order chi connectivity index (χ1) is 19.4. The van der Waals surface area contributed by atoms with E-state index in [1.807, 2.05) is 36.4 Å². The van der Waals surface area contributed by atoms with Gasteiger partial charge in [-0.2, -0.15) is 0 Å². The van der Waals surface area contributed by atoms with Gasteiger partial charge >= 0.3 is 0 Å². The summed E-state index contributed by atoms with van der Waals surface area (Å²) in [5.74, 6) is 1.93. The van der Waals surface area contributed by atoms with E-state index in [0.29, 0.717) is 24.6 Å². The average Bonchev–Trinajstić information content (AvgIpc) is 3.01. The number of carbonyl (C=O) groups is 1. The number of nitrogens with zero attached hydrogens (tertiary/aromatic N) is 2. The van der Waals surface area contributed by atoms with E-state index in [9.17, 15) is 9.59 Å². The molecule has 3 aliphatic heterocycles. The summed E-state index contributed by atoms with van der Waals surface area (Å²) in [7, 11) is 4.80. The molecule has 2 bridgehead atoms. The predicted octanol–water partition coefficient (Wildman–Crippen LogP) is 3.72. The molecule has 0 radical (unpaired) electrons. The summed E-state index contributed by atoms with van der Waals surface area (Å²) < 4.78 is 23.8. The molecule has 9 heteroatoms. The smallest absolute Gasteiger partial charge is 0.268 e. The van der Waals surface area contributed by atoms with Crippen molar-refractivity contribution in [2.24, 2.45) is 5.41 Å². The predicted molar refractivity (Wildman–Crippen MR) is 152 cm³/mol. The monoisotopic (exact) mass is 547 g/mol. The van der Waals surface area contributed by atoms with Crippen molar-refractivity contribution in [3.63, 3.8) is 0 Å². The molecule has 6 rings (SSSR count). The fraction of sp³-hybridized carbons (Fsp3) is 0.419. The highest BCUT2D eigenvalue weighted by atomic mass is 16.5. The Morgan fingerprint density at radius 3 is 2.20 bits per heavy atom. The van der Waals surface area contributed by atoms with Crippen LogP contribution in [0.2, 0.25) is 0 Å². The molecule has 3 aromatic rings. The number of hydrogen-bond acceptors (Lipinski definition) is 7. The zero-order chi connectivity index (χ0) is 28.1. The molecule has 1 aromatic heterocycles. The first-order valence-electron chi connectivity index (χ1n) is 13.6. The van der Waals surface area contributed by atoms with Gasteiger partial charge in [-0.15, -0.1) is 0 Å². The minimum Gasteiger partial charge on any atom is -0.497 e. The molecule has 9 nitrogen and oxygen atoms in total. The number of rotatable bonds is 11. The first-order valence-corrected chi connectivity index (χ1v) is 13.6. The molecule has 0 unspecified atom stereocenters. The molecular weight excluding hydrogens is 510 g/mol. The number of pyridine rings is 1. The van der Waals surface area contributed by atoms with Crippen LogP contribution in [-0.4, -0.2) is 62.9 Å². The molecule has 3 aliphatic rings. The van der Waals surface area contributed by atoms with E-state index < -0.39 is 0 Å². The number of benzene rings is 2. The van der Waals surface area contributed by atoms with Crippen LogP contribution in [0.15, 0.2) is 59.5 Å². The molecule has 0 saturated carbocycles. The lowest BCUT2D eigenvalue weighted by molar-refractivity contribution is 0.0261. The number of nitrogens with one attached hydrogen (secondary N) is 1. The zero-order valence-corrected chi connectivity index (χ0v) is 23.4. The third-order valence-corrected chi connectivity index (χ3v) is 8.21. The Kier molecular flexibility index (Phi) is 8.30. The van der Waals surface area contributed by atoms with Gasteiger partial charge in [-0.05, 0) is 74.1 Å². The van der Waals surface area contributed by atoms with Crippen LogP contribution < -0.4 is 29.7 Å². The van der Waals surface area contributed by atoms with E-state index in [-0.39, 0.29) is 34.8 Å². The number of piperidine rings is 3. The van der Waals surface area contributed by atoms with Gasteiger partial charge in [0.2, 0.25) is 5.43 Å². The van der Waals surface area contributed by atoms with Crippen LogP contribution in [0.5, 0.6) is 23.0 Å². The van der Waals surface area contributed by atoms with Crippen LogP contribution in [0.4, 0.5) is 0 Å². The van der Waals surface area contributed by atoms with E-state index in [0.717, 1.165) is 55.8 Å². The Morgan fingerprint density at radius 2 is 1.55 bits per heavy atom. The largest absolute Gasteiger partial charge is 0.497 e. The lowest BCUT2D eigenvalue weighted by Gasteiger charge is -2.48. The summed E-state index contributed by atoms with van der Waals surface area (Å²) in [4.78, 5) is 29.1. The van der Waals surface area contributed by atoms with E-state index in [1.165, 1.54) is 6.07 Å². The van der Waals surface area contributed by atoms with Gasteiger partial charge in [-0.3, -0.25) is 9.59 Å². The summed E-state index contributed by atoms with van der Waals surface area (Å²) in [6.45, 7) is 4.36. The van der Waals surface area contributed by atoms with Crippen LogP contribution in [0.25, 0.3) is 0 Å². The van der Waals surface area contributed by atoms with Crippen molar-refractivity contribution in [2.75, 3.05) is 47.5 Å². The highest BCUT2D eigenvalue weighted by Crippen LogP contribution is 2.39. The van der Waals surface area contributed by atoms with Crippen molar-refractivity contribution >= 4 is 5.91 Å². The molecule has 1 N–H and O–H groups in total. The number of carbonyl (C=O) groups excluding carboxylic acids is 1. The number of methoxy groups -OCH3 is 3. The zero-order valence-electron chi connectivity index (χ0n) is 23.4. The number of fused-ring (bicyclic) bond motifs is 3. The van der Waals surface area contributed by atoms with Gasteiger partial charge in [-0.1, -0.05) is 12.1 Å². The number of aromatic nitrogens is 1. The molecule has 2 aromatic carbocycles. The van der Waals surface area contributed by atoms with Crippen molar-refractivity contribution in [3.05, 3.63) is 81.8 Å². The van der Waals surface area contributed by atoms with Crippen molar-refractivity contribution in [2.45, 2.75) is 32.4 Å². The molecule has 3 fully saturated rings. The Hall–Kier alpha value is -3.98. The normalized spacial score (nSPS) is 19.6. The minimum absolute atomic E-state index is 0.135. The van der Waals surface area contributed by atoms with Crippen molar-refractivity contribution in [1.29, 1.82) is 0 Å². The fourth-order valence-electron chi connectivity index (χ4n) is 5.56. The lowest BCUT2D eigenvalue weighted by Crippen LogP contribution is -2.52. The second-order valence-corrected chi connectivity index (χ2v) is 10.6. The number of amides is 1. The highest BCUT2D eigenvalue weighted by Gasteiger charge is 2.39. The van der Waals surface area contributed by atoms with E-state index in [2.05, 4.69) is 10.2 Å². The average molecular weight is 548 g/mol. The van der Waals surface area contributed by atoms with E-state index in [1.54, 1.807) is 38.2 Å². The Labute approximate surface area is 234 Å². The van der Waals surface area contributed by atoms with Crippen LogP contribution in [-0.2, 0) is 13.2 Å². The summed E-state index contributed by atoms with van der Waals surface area (Å²) in [6, 6.07) is 14.4. The topological polar surface area (TPSA) is 91.3 Å². The van der Waals surface area contributed by atoms with Crippen LogP contribution in [0.1, 0.15) is 40.9 Å². The lowest BCUT2D eigenvalue weighted by atomic mass is 9.72. The van der Waals surface area contributed by atoms with Crippen molar-refractivity contribution in [3.8, 4) is 23.0 Å². The van der Waals surface area contributed by atoms with E-state index in [4.69, 9.17) is 18.9 Å². The van der Waals surface area contributed by atoms with Gasteiger partial charge in [0.15, 0.2) is 5.75 Å². The second-order valence-electron chi connectivity index (χ2n) is 10.6. The summed E-state index contributed by atoms with van der Waals surface area (Å²) in [6.07, 6.45) is 4.87. The molecule has 4 heterocycles. The Balaban J connectivity index is 1.41. The fourth-order valence-corrected chi connectivity index (χ4v) is 5.56. The summed E-state index contributed by atoms with van der Waals surface area (Å²) in [5, 5.41) is 3.15. The number of ether oxygens (including phenoxy) is 4. The minimum atomic E-state index is -0.347. The maximum atomic E-state index is 13.5. The maximum absolute atomic E-state index is 13.5. The number of hydrogen-bond donors (Lipinski definition) is 1. The third-order valence-electron chi connectivity index (χ3n) is 8.21. The second kappa shape index (κ2) is 12.0. The Bertz CT molecular complexity index is 1380. The Morgan fingerprint density at radius 1 is 0.875 bits per heavy atom. The molecule has 1 amide bonds. The van der Waals surface area contributed by atoms with Gasteiger partial charge in [0, 0.05) is 24.2 Å². The maximum Gasteiger partial charge on any atom is 0.268 e. The highest BCUT2D eigenvalue weighted by molar-refractivity contribution is 5.92. The van der Waals surface area contributed by atoms with Crippen LogP contribution in [0.3, 0.4) is 0 Å². The van der Waals surface area contributed by atoms with Gasteiger partial charge in [0.05, 0.1) is 34.1 Å². The molecule has 40 heavy (non-hydrogen) atoms. The molecule has 0 aliphatic carbocycles. The van der Waals surface area contributed by atoms with E-state index >= 15 is 0 Å². The molecule has 0 atom stereocenters. The van der Waals surface area contributed by atoms with Gasteiger partial charge in [0.25, 0.3) is 5.91 Å². The van der Waals surface area contributed by atoms with Crippen molar-refractivity contribution < 1.29 is 23.7 Å². The molecule has 212 valence electrons. The van der Waals surface area contributed by atoms with Crippen LogP contribution >= 0.6 is 0 Å². The third kappa shape index (κ3) is 6.09. The molecule has 0 spiro atoms. The van der Waals surface area contributed by atoms with Gasteiger partial charge in [0.1, 0.15) is 29.5 Å². The molecular formula is C31H37N3O6. The van der Waals surface area contributed by atoms with Gasteiger partial charge < -0.3 is 33.7 Å². The van der Waals surface area contributed by atoms with Gasteiger partial charge in [-0.25, -0.2) is 0 Å². The van der Waals surface area contributed by atoms with Crippen LogP contribution in [0, 0.1) is 5.41 Å².